The first kappa shape index (κ1) is 14.9. The first-order valence-corrected chi connectivity index (χ1v) is 7.27. The van der Waals surface area contributed by atoms with Crippen LogP contribution in [0.5, 0.6) is 0 Å². The monoisotopic (exact) mass is 304 g/mol. The number of nitrogens with zero attached hydrogens (tertiary/aromatic N) is 4. The molecule has 2 aromatic heterocycles. The topological polar surface area (TPSA) is 74.7 Å². The smallest absolute Gasteiger partial charge is 0.124 e. The van der Waals surface area contributed by atoms with Crippen molar-refractivity contribution in [2.45, 2.75) is 20.0 Å². The zero-order chi connectivity index (χ0) is 16.4. The lowest BCUT2D eigenvalue weighted by Crippen LogP contribution is -2.10. The van der Waals surface area contributed by atoms with E-state index in [1.165, 1.54) is 0 Å². The molecule has 1 atom stereocenters. The Kier molecular flexibility index (Phi) is 3.92. The molecule has 0 radical (unpaired) electrons. The van der Waals surface area contributed by atoms with Gasteiger partial charge in [0.2, 0.25) is 0 Å². The highest BCUT2D eigenvalue weighted by Crippen LogP contribution is 2.28. The Balaban J connectivity index is 2.17. The summed E-state index contributed by atoms with van der Waals surface area (Å²) in [6.07, 6.45) is 0.651. The van der Waals surface area contributed by atoms with Gasteiger partial charge in [0, 0.05) is 17.5 Å². The van der Waals surface area contributed by atoms with E-state index in [-0.39, 0.29) is 0 Å². The fraction of sp³-hybridized carbons (Fsp3) is 0.167. The lowest BCUT2D eigenvalue weighted by atomic mass is 10.0. The van der Waals surface area contributed by atoms with Gasteiger partial charge in [0.25, 0.3) is 0 Å². The van der Waals surface area contributed by atoms with E-state index in [4.69, 9.17) is 0 Å². The molecule has 0 aliphatic heterocycles. The maximum Gasteiger partial charge on any atom is 0.124 e. The highest BCUT2D eigenvalue weighted by molar-refractivity contribution is 5.46. The average molecular weight is 304 g/mol. The maximum absolute atomic E-state index is 10.8. The summed E-state index contributed by atoms with van der Waals surface area (Å²) >= 11 is 0. The number of aryl methyl sites for hydroxylation is 2. The van der Waals surface area contributed by atoms with Crippen LogP contribution in [-0.2, 0) is 0 Å². The first-order valence-electron chi connectivity index (χ1n) is 7.27. The summed E-state index contributed by atoms with van der Waals surface area (Å²) in [7, 11) is 0. The van der Waals surface area contributed by atoms with Gasteiger partial charge in [0.1, 0.15) is 12.2 Å². The number of nitriles is 1. The summed E-state index contributed by atoms with van der Waals surface area (Å²) < 4.78 is 1.62. The average Bonchev–Trinajstić information content (AvgIpc) is 2.92. The molecule has 0 spiro atoms. The van der Waals surface area contributed by atoms with Gasteiger partial charge >= 0.3 is 0 Å². The van der Waals surface area contributed by atoms with Crippen LogP contribution in [0.15, 0.2) is 48.7 Å². The first-order chi connectivity index (χ1) is 11.1. The number of rotatable bonds is 3. The molecular formula is C18H16N4O. The molecule has 114 valence electrons. The molecule has 3 rings (SSSR count). The summed E-state index contributed by atoms with van der Waals surface area (Å²) in [5.41, 5.74) is 3.74. The highest BCUT2D eigenvalue weighted by Gasteiger charge is 2.24. The van der Waals surface area contributed by atoms with Gasteiger partial charge in [-0.05, 0) is 32.0 Å². The van der Waals surface area contributed by atoms with Crippen LogP contribution < -0.4 is 0 Å². The summed E-state index contributed by atoms with van der Waals surface area (Å²) in [6.45, 7) is 3.65. The Bertz CT molecular complexity index is 861. The number of pyridine rings is 1. The number of para-hydroxylation sites is 1. The molecule has 0 fully saturated rings. The fourth-order valence-electron chi connectivity index (χ4n) is 2.50. The molecule has 0 saturated carbocycles. The Morgan fingerprint density at radius 1 is 1.13 bits per heavy atom. The highest BCUT2D eigenvalue weighted by atomic mass is 16.3. The predicted octanol–water partition coefficient (Wildman–Crippen LogP) is 2.84. The third-order valence-corrected chi connectivity index (χ3v) is 3.72. The zero-order valence-corrected chi connectivity index (χ0v) is 12.9. The van der Waals surface area contributed by atoms with Crippen molar-refractivity contribution in [2.24, 2.45) is 0 Å². The third kappa shape index (κ3) is 2.72. The van der Waals surface area contributed by atoms with Crippen LogP contribution in [0.2, 0.25) is 0 Å². The van der Waals surface area contributed by atoms with Crippen molar-refractivity contribution in [1.29, 1.82) is 5.26 Å². The van der Waals surface area contributed by atoms with Crippen LogP contribution in [0, 0.1) is 25.2 Å². The Hall–Kier alpha value is -2.97. The second kappa shape index (κ2) is 6.03. The SMILES string of the molecule is Cc1ccc(C(O)c2c(C#N)c(C)nn2-c2ccccc2)cn1. The standard InChI is InChI=1S/C18H16N4O/c1-12-8-9-14(11-20-12)18(23)17-16(10-19)13(2)21-22(17)15-6-4-3-5-7-15/h3-9,11,18,23H,1-2H3. The van der Waals surface area contributed by atoms with Crippen molar-refractivity contribution in [3.8, 4) is 11.8 Å². The van der Waals surface area contributed by atoms with E-state index in [9.17, 15) is 10.4 Å². The van der Waals surface area contributed by atoms with E-state index >= 15 is 0 Å². The van der Waals surface area contributed by atoms with Crippen molar-refractivity contribution >= 4 is 0 Å². The summed E-state index contributed by atoms with van der Waals surface area (Å²) in [5, 5.41) is 24.7. The molecule has 1 N–H and O–H groups in total. The summed E-state index contributed by atoms with van der Waals surface area (Å²) in [5.74, 6) is 0. The van der Waals surface area contributed by atoms with E-state index in [0.29, 0.717) is 22.5 Å². The number of aliphatic hydroxyl groups is 1. The van der Waals surface area contributed by atoms with Crippen LogP contribution in [0.25, 0.3) is 5.69 Å². The molecule has 23 heavy (non-hydrogen) atoms. The third-order valence-electron chi connectivity index (χ3n) is 3.72. The van der Waals surface area contributed by atoms with Crippen LogP contribution in [0.1, 0.15) is 34.3 Å². The number of benzene rings is 1. The van der Waals surface area contributed by atoms with Gasteiger partial charge in [-0.1, -0.05) is 24.3 Å². The van der Waals surface area contributed by atoms with Crippen LogP contribution in [-0.4, -0.2) is 19.9 Å². The van der Waals surface area contributed by atoms with Crippen molar-refractivity contribution in [1.82, 2.24) is 14.8 Å². The van der Waals surface area contributed by atoms with Crippen molar-refractivity contribution in [3.63, 3.8) is 0 Å². The van der Waals surface area contributed by atoms with E-state index < -0.39 is 6.10 Å². The molecule has 0 amide bonds. The summed E-state index contributed by atoms with van der Waals surface area (Å²) in [6, 6.07) is 15.3. The Labute approximate surface area is 134 Å². The van der Waals surface area contributed by atoms with E-state index in [2.05, 4.69) is 16.2 Å². The van der Waals surface area contributed by atoms with Gasteiger partial charge in [-0.2, -0.15) is 10.4 Å². The lowest BCUT2D eigenvalue weighted by Gasteiger charge is -2.14. The molecule has 1 unspecified atom stereocenters. The van der Waals surface area contributed by atoms with Gasteiger partial charge in [-0.15, -0.1) is 0 Å². The van der Waals surface area contributed by atoms with Gasteiger partial charge in [-0.25, -0.2) is 4.68 Å². The molecule has 0 aliphatic rings. The van der Waals surface area contributed by atoms with Crippen LogP contribution in [0.3, 0.4) is 0 Å². The minimum atomic E-state index is -0.973. The van der Waals surface area contributed by atoms with Gasteiger partial charge < -0.3 is 5.11 Å². The van der Waals surface area contributed by atoms with Gasteiger partial charge in [0.05, 0.1) is 22.6 Å². The van der Waals surface area contributed by atoms with E-state index in [1.807, 2.05) is 49.4 Å². The van der Waals surface area contributed by atoms with Crippen molar-refractivity contribution in [3.05, 3.63) is 76.9 Å². The van der Waals surface area contributed by atoms with Crippen molar-refractivity contribution < 1.29 is 5.11 Å². The van der Waals surface area contributed by atoms with E-state index in [0.717, 1.165) is 11.4 Å². The quantitative estimate of drug-likeness (QED) is 0.807. The number of hydrogen-bond donors (Lipinski definition) is 1. The normalized spacial score (nSPS) is 11.9. The van der Waals surface area contributed by atoms with Gasteiger partial charge in [0.15, 0.2) is 0 Å². The minimum absolute atomic E-state index is 0.391. The molecule has 5 nitrogen and oxygen atoms in total. The number of aliphatic hydroxyl groups excluding tert-OH is 1. The van der Waals surface area contributed by atoms with Crippen LogP contribution in [0.4, 0.5) is 0 Å². The molecule has 0 bridgehead atoms. The Morgan fingerprint density at radius 2 is 1.87 bits per heavy atom. The zero-order valence-electron chi connectivity index (χ0n) is 12.9. The molecule has 3 aromatic rings. The summed E-state index contributed by atoms with van der Waals surface area (Å²) in [4.78, 5) is 4.22. The number of aromatic nitrogens is 3. The molecule has 5 heteroatoms. The fourth-order valence-corrected chi connectivity index (χ4v) is 2.50. The Morgan fingerprint density at radius 3 is 2.48 bits per heavy atom. The molecule has 1 aromatic carbocycles. The second-order valence-corrected chi connectivity index (χ2v) is 5.34. The van der Waals surface area contributed by atoms with Crippen molar-refractivity contribution in [2.75, 3.05) is 0 Å². The molecule has 0 saturated heterocycles. The second-order valence-electron chi connectivity index (χ2n) is 5.34. The van der Waals surface area contributed by atoms with E-state index in [1.54, 1.807) is 17.8 Å². The number of hydrogen-bond acceptors (Lipinski definition) is 4. The van der Waals surface area contributed by atoms with Crippen LogP contribution >= 0.6 is 0 Å². The molecular weight excluding hydrogens is 288 g/mol. The minimum Gasteiger partial charge on any atom is -0.382 e. The predicted molar refractivity (Wildman–Crippen MR) is 86.1 cm³/mol. The lowest BCUT2D eigenvalue weighted by molar-refractivity contribution is 0.211. The maximum atomic E-state index is 10.8. The molecule has 2 heterocycles. The molecule has 0 aliphatic carbocycles. The van der Waals surface area contributed by atoms with Gasteiger partial charge in [-0.3, -0.25) is 4.98 Å². The largest absolute Gasteiger partial charge is 0.382 e.